The van der Waals surface area contributed by atoms with Crippen molar-refractivity contribution in [2.75, 3.05) is 10.6 Å². The van der Waals surface area contributed by atoms with Crippen LogP contribution in [0.5, 0.6) is 5.75 Å². The van der Waals surface area contributed by atoms with E-state index >= 15 is 0 Å². The molecule has 0 heterocycles. The number of rotatable bonds is 6. The number of ether oxygens (including phenoxy) is 1. The van der Waals surface area contributed by atoms with E-state index in [9.17, 15) is 4.79 Å². The molecule has 0 radical (unpaired) electrons. The fraction of sp³-hybridized carbons (Fsp3) is 0.130. The SMILES string of the molecule is CC(C)Oc1ccc(C(=O)NC(=S)Nc2ccc(Nc3ccccc3)cc2)cc1. The van der Waals surface area contributed by atoms with Crippen LogP contribution >= 0.6 is 12.2 Å². The van der Waals surface area contributed by atoms with Crippen LogP contribution in [-0.4, -0.2) is 17.1 Å². The maximum absolute atomic E-state index is 12.3. The summed E-state index contributed by atoms with van der Waals surface area (Å²) in [6.07, 6.45) is 0.0840. The van der Waals surface area contributed by atoms with Crippen molar-refractivity contribution in [3.8, 4) is 5.75 Å². The average Bonchev–Trinajstić information content (AvgIpc) is 2.70. The van der Waals surface area contributed by atoms with Gasteiger partial charge in [-0.25, -0.2) is 0 Å². The Hall–Kier alpha value is -3.38. The molecule has 0 saturated heterocycles. The van der Waals surface area contributed by atoms with Gasteiger partial charge in [-0.3, -0.25) is 10.1 Å². The average molecular weight is 406 g/mol. The van der Waals surface area contributed by atoms with Crippen LogP contribution in [0.25, 0.3) is 0 Å². The number of hydrogen-bond acceptors (Lipinski definition) is 4. The number of benzene rings is 3. The summed E-state index contributed by atoms with van der Waals surface area (Å²) in [5.41, 5.74) is 3.27. The number of anilines is 3. The zero-order valence-electron chi connectivity index (χ0n) is 16.3. The molecule has 1 amide bonds. The highest BCUT2D eigenvalue weighted by molar-refractivity contribution is 7.80. The van der Waals surface area contributed by atoms with E-state index in [1.165, 1.54) is 0 Å². The summed E-state index contributed by atoms with van der Waals surface area (Å²) in [7, 11) is 0. The van der Waals surface area contributed by atoms with Gasteiger partial charge in [0.05, 0.1) is 6.10 Å². The number of amides is 1. The Bertz CT molecular complexity index is 956. The van der Waals surface area contributed by atoms with Crippen LogP contribution in [0.2, 0.25) is 0 Å². The topological polar surface area (TPSA) is 62.4 Å². The molecule has 0 spiro atoms. The zero-order valence-corrected chi connectivity index (χ0v) is 17.1. The van der Waals surface area contributed by atoms with Gasteiger partial charge in [-0.1, -0.05) is 18.2 Å². The highest BCUT2D eigenvalue weighted by atomic mass is 32.1. The third kappa shape index (κ3) is 6.33. The summed E-state index contributed by atoms with van der Waals surface area (Å²) in [4.78, 5) is 12.3. The van der Waals surface area contributed by atoms with Crippen molar-refractivity contribution >= 4 is 40.3 Å². The van der Waals surface area contributed by atoms with Crippen molar-refractivity contribution in [1.82, 2.24) is 5.32 Å². The number of thiocarbonyl (C=S) groups is 1. The maximum atomic E-state index is 12.3. The van der Waals surface area contributed by atoms with Gasteiger partial charge in [-0.05, 0) is 86.7 Å². The molecular weight excluding hydrogens is 382 g/mol. The van der Waals surface area contributed by atoms with Gasteiger partial charge < -0.3 is 15.4 Å². The van der Waals surface area contributed by atoms with Gasteiger partial charge >= 0.3 is 0 Å². The molecule has 0 aliphatic carbocycles. The summed E-state index contributed by atoms with van der Waals surface area (Å²) < 4.78 is 5.58. The van der Waals surface area contributed by atoms with Gasteiger partial charge in [0, 0.05) is 22.6 Å². The van der Waals surface area contributed by atoms with E-state index in [4.69, 9.17) is 17.0 Å². The first-order valence-electron chi connectivity index (χ1n) is 9.31. The predicted molar refractivity (Wildman–Crippen MR) is 122 cm³/mol. The molecule has 5 nitrogen and oxygen atoms in total. The lowest BCUT2D eigenvalue weighted by molar-refractivity contribution is 0.0977. The summed E-state index contributed by atoms with van der Waals surface area (Å²) in [6.45, 7) is 3.91. The fourth-order valence-corrected chi connectivity index (χ4v) is 2.83. The zero-order chi connectivity index (χ0) is 20.6. The lowest BCUT2D eigenvalue weighted by Crippen LogP contribution is -2.34. The minimum atomic E-state index is -0.277. The molecule has 6 heteroatoms. The smallest absolute Gasteiger partial charge is 0.257 e. The van der Waals surface area contributed by atoms with Gasteiger partial charge in [0.25, 0.3) is 5.91 Å². The van der Waals surface area contributed by atoms with E-state index < -0.39 is 0 Å². The second-order valence-corrected chi connectivity index (χ2v) is 7.08. The van der Waals surface area contributed by atoms with Crippen LogP contribution in [0.15, 0.2) is 78.9 Å². The normalized spacial score (nSPS) is 10.3. The third-order valence-electron chi connectivity index (χ3n) is 3.92. The number of carbonyl (C=O) groups is 1. The first kappa shape index (κ1) is 20.4. The molecule has 148 valence electrons. The Morgan fingerprint density at radius 1 is 0.828 bits per heavy atom. The first-order chi connectivity index (χ1) is 14.0. The number of para-hydroxylation sites is 1. The van der Waals surface area contributed by atoms with E-state index in [2.05, 4.69) is 16.0 Å². The lowest BCUT2D eigenvalue weighted by Gasteiger charge is -2.12. The van der Waals surface area contributed by atoms with E-state index in [0.29, 0.717) is 5.56 Å². The van der Waals surface area contributed by atoms with Crippen molar-refractivity contribution in [3.63, 3.8) is 0 Å². The molecule has 0 aliphatic heterocycles. The van der Waals surface area contributed by atoms with Crippen LogP contribution in [0, 0.1) is 0 Å². The molecule has 0 saturated carbocycles. The minimum absolute atomic E-state index is 0.0840. The van der Waals surface area contributed by atoms with Gasteiger partial charge in [0.15, 0.2) is 5.11 Å². The van der Waals surface area contributed by atoms with Crippen LogP contribution < -0.4 is 20.7 Å². The molecular formula is C23H23N3O2S. The fourth-order valence-electron chi connectivity index (χ4n) is 2.62. The standard InChI is InChI=1S/C23H23N3O2S/c1-16(2)28-21-14-8-17(9-15-21)22(27)26-23(29)25-20-12-10-19(11-13-20)24-18-6-4-3-5-7-18/h3-16,24H,1-2H3,(H2,25,26,27,29). The molecule has 0 aromatic heterocycles. The highest BCUT2D eigenvalue weighted by Crippen LogP contribution is 2.19. The van der Waals surface area contributed by atoms with E-state index in [1.807, 2.05) is 68.4 Å². The molecule has 29 heavy (non-hydrogen) atoms. The number of hydrogen-bond donors (Lipinski definition) is 3. The molecule has 3 aromatic rings. The molecule has 0 atom stereocenters. The maximum Gasteiger partial charge on any atom is 0.257 e. The van der Waals surface area contributed by atoms with Crippen LogP contribution in [-0.2, 0) is 0 Å². The molecule has 0 bridgehead atoms. The van der Waals surface area contributed by atoms with E-state index in [0.717, 1.165) is 22.8 Å². The molecule has 0 unspecified atom stereocenters. The lowest BCUT2D eigenvalue weighted by atomic mass is 10.2. The van der Waals surface area contributed by atoms with Crippen LogP contribution in [0.1, 0.15) is 24.2 Å². The quantitative estimate of drug-likeness (QED) is 0.483. The van der Waals surface area contributed by atoms with Crippen LogP contribution in [0.4, 0.5) is 17.1 Å². The Labute approximate surface area is 176 Å². The second-order valence-electron chi connectivity index (χ2n) is 6.67. The molecule has 3 N–H and O–H groups in total. The minimum Gasteiger partial charge on any atom is -0.491 e. The van der Waals surface area contributed by atoms with Gasteiger partial charge in [-0.15, -0.1) is 0 Å². The van der Waals surface area contributed by atoms with Crippen molar-refractivity contribution in [3.05, 3.63) is 84.4 Å². The molecule has 3 aromatic carbocycles. The van der Waals surface area contributed by atoms with E-state index in [1.54, 1.807) is 24.3 Å². The number of carbonyl (C=O) groups excluding carboxylic acids is 1. The van der Waals surface area contributed by atoms with Crippen LogP contribution in [0.3, 0.4) is 0 Å². The highest BCUT2D eigenvalue weighted by Gasteiger charge is 2.09. The Kier molecular flexibility index (Phi) is 6.81. The summed E-state index contributed by atoms with van der Waals surface area (Å²) >= 11 is 5.25. The predicted octanol–water partition coefficient (Wildman–Crippen LogP) is 5.34. The third-order valence-corrected chi connectivity index (χ3v) is 4.12. The van der Waals surface area contributed by atoms with E-state index in [-0.39, 0.29) is 17.1 Å². The van der Waals surface area contributed by atoms with Crippen molar-refractivity contribution in [2.45, 2.75) is 20.0 Å². The molecule has 0 aliphatic rings. The Balaban J connectivity index is 1.52. The monoisotopic (exact) mass is 405 g/mol. The van der Waals surface area contributed by atoms with Crippen molar-refractivity contribution in [2.24, 2.45) is 0 Å². The molecule has 3 rings (SSSR count). The number of nitrogens with one attached hydrogen (secondary N) is 3. The molecule has 0 fully saturated rings. The van der Waals surface area contributed by atoms with Gasteiger partial charge in [-0.2, -0.15) is 0 Å². The first-order valence-corrected chi connectivity index (χ1v) is 9.71. The summed E-state index contributed by atoms with van der Waals surface area (Å²) in [6, 6.07) is 24.5. The van der Waals surface area contributed by atoms with Gasteiger partial charge in [0.1, 0.15) is 5.75 Å². The Morgan fingerprint density at radius 2 is 1.41 bits per heavy atom. The summed E-state index contributed by atoms with van der Waals surface area (Å²) in [5, 5.41) is 9.25. The van der Waals surface area contributed by atoms with Gasteiger partial charge in [0.2, 0.25) is 0 Å². The van der Waals surface area contributed by atoms with Crippen molar-refractivity contribution < 1.29 is 9.53 Å². The second kappa shape index (κ2) is 9.71. The Morgan fingerprint density at radius 3 is 2.03 bits per heavy atom. The summed E-state index contributed by atoms with van der Waals surface area (Å²) in [5.74, 6) is 0.447. The van der Waals surface area contributed by atoms with Crippen molar-refractivity contribution in [1.29, 1.82) is 0 Å². The largest absolute Gasteiger partial charge is 0.491 e.